The van der Waals surface area contributed by atoms with Crippen LogP contribution in [0.25, 0.3) is 0 Å². The van der Waals surface area contributed by atoms with Gasteiger partial charge in [0.15, 0.2) is 0 Å². The summed E-state index contributed by atoms with van der Waals surface area (Å²) in [5.74, 6) is 0.105. The molecule has 0 saturated heterocycles. The van der Waals surface area contributed by atoms with Crippen LogP contribution in [-0.4, -0.2) is 28.3 Å². The van der Waals surface area contributed by atoms with E-state index in [1.54, 1.807) is 6.20 Å². The van der Waals surface area contributed by atoms with E-state index in [1.807, 2.05) is 23.9 Å². The van der Waals surface area contributed by atoms with Gasteiger partial charge in [0.05, 0.1) is 5.41 Å². The Morgan fingerprint density at radius 3 is 3.11 bits per heavy atom. The highest BCUT2D eigenvalue weighted by Gasteiger charge is 2.42. The zero-order valence-electron chi connectivity index (χ0n) is 10.9. The highest BCUT2D eigenvalue weighted by Crippen LogP contribution is 2.36. The Morgan fingerprint density at radius 1 is 1.67 bits per heavy atom. The van der Waals surface area contributed by atoms with Gasteiger partial charge in [-0.15, -0.1) is 0 Å². The molecular formula is C13H22N4O. The molecule has 0 bridgehead atoms. The molecule has 5 heteroatoms. The van der Waals surface area contributed by atoms with Gasteiger partial charge in [-0.1, -0.05) is 6.42 Å². The van der Waals surface area contributed by atoms with Gasteiger partial charge in [0, 0.05) is 31.5 Å². The lowest BCUT2D eigenvalue weighted by molar-refractivity contribution is -0.130. The van der Waals surface area contributed by atoms with Crippen LogP contribution in [0.5, 0.6) is 0 Å². The number of hydrogen-bond donors (Lipinski definition) is 2. The van der Waals surface area contributed by atoms with Crippen molar-refractivity contribution in [3.63, 3.8) is 0 Å². The normalized spacial score (nSPS) is 27.3. The molecule has 1 amide bonds. The fraction of sp³-hybridized carbons (Fsp3) is 0.692. The van der Waals surface area contributed by atoms with Gasteiger partial charge in [-0.3, -0.25) is 9.48 Å². The first-order valence-electron chi connectivity index (χ1n) is 6.64. The highest BCUT2D eigenvalue weighted by atomic mass is 16.2. The van der Waals surface area contributed by atoms with Crippen LogP contribution in [0.2, 0.25) is 0 Å². The number of nitrogens with zero attached hydrogens (tertiary/aromatic N) is 2. The van der Waals surface area contributed by atoms with E-state index < -0.39 is 0 Å². The first-order chi connectivity index (χ1) is 8.63. The second-order valence-electron chi connectivity index (χ2n) is 5.29. The Labute approximate surface area is 108 Å². The van der Waals surface area contributed by atoms with Gasteiger partial charge < -0.3 is 11.1 Å². The lowest BCUT2D eigenvalue weighted by Gasteiger charge is -2.27. The van der Waals surface area contributed by atoms with Crippen LogP contribution in [0.15, 0.2) is 18.5 Å². The summed E-state index contributed by atoms with van der Waals surface area (Å²) in [5.41, 5.74) is 5.65. The molecular weight excluding hydrogens is 228 g/mol. The number of nitrogens with one attached hydrogen (secondary N) is 1. The van der Waals surface area contributed by atoms with Gasteiger partial charge in [0.1, 0.15) is 0 Å². The first kappa shape index (κ1) is 13.1. The molecule has 1 saturated carbocycles. The average Bonchev–Trinajstić information content (AvgIpc) is 2.97. The average molecular weight is 250 g/mol. The van der Waals surface area contributed by atoms with Crippen LogP contribution < -0.4 is 11.1 Å². The van der Waals surface area contributed by atoms with Crippen molar-refractivity contribution in [1.29, 1.82) is 0 Å². The molecule has 1 fully saturated rings. The van der Waals surface area contributed by atoms with Gasteiger partial charge >= 0.3 is 0 Å². The van der Waals surface area contributed by atoms with Gasteiger partial charge in [-0.25, -0.2) is 0 Å². The maximum absolute atomic E-state index is 12.1. The monoisotopic (exact) mass is 250 g/mol. The number of hydrogen-bond acceptors (Lipinski definition) is 3. The van der Waals surface area contributed by atoms with E-state index in [0.717, 1.165) is 32.2 Å². The maximum Gasteiger partial charge on any atom is 0.227 e. The van der Waals surface area contributed by atoms with Gasteiger partial charge in [-0.05, 0) is 32.3 Å². The molecule has 0 spiro atoms. The number of amides is 1. The van der Waals surface area contributed by atoms with E-state index in [4.69, 9.17) is 5.73 Å². The lowest BCUT2D eigenvalue weighted by atomic mass is 9.84. The Hall–Kier alpha value is -1.36. The highest BCUT2D eigenvalue weighted by molar-refractivity contribution is 5.83. The van der Waals surface area contributed by atoms with E-state index in [0.29, 0.717) is 6.54 Å². The molecule has 1 aromatic rings. The van der Waals surface area contributed by atoms with Crippen LogP contribution in [0, 0.1) is 5.41 Å². The number of carbonyl (C=O) groups is 1. The SMILES string of the molecule is CC1(C(=O)NCCCn2cccn2)CCCC1N. The maximum atomic E-state index is 12.1. The predicted molar refractivity (Wildman–Crippen MR) is 69.8 cm³/mol. The zero-order valence-corrected chi connectivity index (χ0v) is 10.9. The van der Waals surface area contributed by atoms with Crippen molar-refractivity contribution >= 4 is 5.91 Å². The van der Waals surface area contributed by atoms with Gasteiger partial charge in [0.25, 0.3) is 0 Å². The summed E-state index contributed by atoms with van der Waals surface area (Å²) in [7, 11) is 0. The van der Waals surface area contributed by atoms with Crippen LogP contribution in [0.1, 0.15) is 32.6 Å². The topological polar surface area (TPSA) is 72.9 Å². The van der Waals surface area contributed by atoms with Gasteiger partial charge in [-0.2, -0.15) is 5.10 Å². The molecule has 0 aliphatic heterocycles. The minimum absolute atomic E-state index is 0.00335. The molecule has 2 rings (SSSR count). The molecule has 18 heavy (non-hydrogen) atoms. The fourth-order valence-electron chi connectivity index (χ4n) is 2.55. The number of aromatic nitrogens is 2. The zero-order chi connectivity index (χ0) is 13.0. The molecule has 0 aromatic carbocycles. The van der Waals surface area contributed by atoms with E-state index in [-0.39, 0.29) is 17.4 Å². The van der Waals surface area contributed by atoms with E-state index in [2.05, 4.69) is 10.4 Å². The third kappa shape index (κ3) is 2.72. The number of nitrogens with two attached hydrogens (primary N) is 1. The first-order valence-corrected chi connectivity index (χ1v) is 6.64. The molecule has 1 aromatic heterocycles. The quantitative estimate of drug-likeness (QED) is 0.763. The third-order valence-electron chi connectivity index (χ3n) is 3.96. The van der Waals surface area contributed by atoms with Crippen molar-refractivity contribution in [3.8, 4) is 0 Å². The summed E-state index contributed by atoms with van der Waals surface area (Å²) in [6.07, 6.45) is 7.49. The second kappa shape index (κ2) is 5.52. The van der Waals surface area contributed by atoms with E-state index >= 15 is 0 Å². The number of rotatable bonds is 5. The van der Waals surface area contributed by atoms with Crippen LogP contribution in [0.3, 0.4) is 0 Å². The largest absolute Gasteiger partial charge is 0.356 e. The standard InChI is InChI=1S/C13H22N4O/c1-13(6-2-5-11(13)14)12(18)15-7-3-9-17-10-4-8-16-17/h4,8,10-11H,2-3,5-7,9,14H2,1H3,(H,15,18). The molecule has 3 N–H and O–H groups in total. The van der Waals surface area contributed by atoms with Crippen molar-refractivity contribution < 1.29 is 4.79 Å². The molecule has 0 radical (unpaired) electrons. The van der Waals surface area contributed by atoms with Crippen molar-refractivity contribution in [2.45, 2.75) is 45.2 Å². The third-order valence-corrected chi connectivity index (χ3v) is 3.96. The van der Waals surface area contributed by atoms with E-state index in [9.17, 15) is 4.79 Å². The van der Waals surface area contributed by atoms with Crippen molar-refractivity contribution in [1.82, 2.24) is 15.1 Å². The summed E-state index contributed by atoms with van der Waals surface area (Å²) in [5, 5.41) is 7.12. The molecule has 1 heterocycles. The molecule has 2 atom stereocenters. The van der Waals surface area contributed by atoms with Crippen LogP contribution in [0.4, 0.5) is 0 Å². The van der Waals surface area contributed by atoms with Crippen molar-refractivity contribution in [2.24, 2.45) is 11.1 Å². The Balaban J connectivity index is 1.72. The minimum Gasteiger partial charge on any atom is -0.356 e. The van der Waals surface area contributed by atoms with Gasteiger partial charge in [0.2, 0.25) is 5.91 Å². The van der Waals surface area contributed by atoms with Crippen LogP contribution >= 0.6 is 0 Å². The minimum atomic E-state index is -0.369. The summed E-state index contributed by atoms with van der Waals surface area (Å²) >= 11 is 0. The predicted octanol–water partition coefficient (Wildman–Crippen LogP) is 0.907. The Kier molecular flexibility index (Phi) is 4.01. The lowest BCUT2D eigenvalue weighted by Crippen LogP contribution is -2.47. The van der Waals surface area contributed by atoms with E-state index in [1.165, 1.54) is 0 Å². The number of aryl methyl sites for hydroxylation is 1. The summed E-state index contributed by atoms with van der Waals surface area (Å²) < 4.78 is 1.87. The smallest absolute Gasteiger partial charge is 0.227 e. The Bertz CT molecular complexity index is 390. The second-order valence-corrected chi connectivity index (χ2v) is 5.29. The summed E-state index contributed by atoms with van der Waals surface area (Å²) in [6.45, 7) is 3.49. The molecule has 1 aliphatic carbocycles. The Morgan fingerprint density at radius 2 is 2.50 bits per heavy atom. The van der Waals surface area contributed by atoms with Crippen molar-refractivity contribution in [2.75, 3.05) is 6.54 Å². The summed E-state index contributed by atoms with van der Waals surface area (Å²) in [4.78, 5) is 12.1. The summed E-state index contributed by atoms with van der Waals surface area (Å²) in [6, 6.07) is 1.90. The van der Waals surface area contributed by atoms with Crippen molar-refractivity contribution in [3.05, 3.63) is 18.5 Å². The number of carbonyl (C=O) groups excluding carboxylic acids is 1. The fourth-order valence-corrected chi connectivity index (χ4v) is 2.55. The molecule has 5 nitrogen and oxygen atoms in total. The molecule has 2 unspecified atom stereocenters. The molecule has 100 valence electrons. The van der Waals surface area contributed by atoms with Crippen LogP contribution in [-0.2, 0) is 11.3 Å². The molecule has 1 aliphatic rings.